The van der Waals surface area contributed by atoms with Crippen LogP contribution in [-0.4, -0.2) is 13.6 Å². The van der Waals surface area contributed by atoms with Crippen LogP contribution in [0.1, 0.15) is 142 Å². The summed E-state index contributed by atoms with van der Waals surface area (Å²) < 4.78 is 0. The molecule has 0 saturated carbocycles. The van der Waals surface area contributed by atoms with Gasteiger partial charge in [-0.3, -0.25) is 0 Å². The number of hydrogen-bond donors (Lipinski definition) is 1. The molecule has 1 heteroatoms. The molecule has 1 N–H and O–H groups in total. The van der Waals surface area contributed by atoms with Crippen molar-refractivity contribution in [1.82, 2.24) is 5.32 Å². The zero-order valence-corrected chi connectivity index (χ0v) is 23.7. The molecule has 0 amide bonds. The van der Waals surface area contributed by atoms with Gasteiger partial charge in [-0.2, -0.15) is 0 Å². The number of hydrogen-bond acceptors (Lipinski definition) is 1. The number of unbranched alkanes of at least 4 members (excludes halogenated alkanes) is 8. The first-order valence-electron chi connectivity index (χ1n) is 14.9. The van der Waals surface area contributed by atoms with Crippen LogP contribution in [-0.2, 0) is 0 Å². The molecule has 1 atom stereocenters. The highest BCUT2D eigenvalue weighted by atomic mass is 14.8. The van der Waals surface area contributed by atoms with E-state index in [2.05, 4.69) is 56.6 Å². The quantitative estimate of drug-likeness (QED) is 0.0976. The summed E-state index contributed by atoms with van der Waals surface area (Å²) in [5.41, 5.74) is 2.93. The molecule has 0 aliphatic carbocycles. The lowest BCUT2D eigenvalue weighted by molar-refractivity contribution is 0.410. The molecule has 0 aliphatic rings. The maximum absolute atomic E-state index is 4.40. The van der Waals surface area contributed by atoms with Gasteiger partial charge in [0.25, 0.3) is 0 Å². The molecule has 0 radical (unpaired) electrons. The summed E-state index contributed by atoms with van der Waals surface area (Å²) in [6, 6.07) is 0. The minimum Gasteiger partial charge on any atom is -0.320 e. The van der Waals surface area contributed by atoms with Gasteiger partial charge in [0.15, 0.2) is 0 Å². The van der Waals surface area contributed by atoms with Crippen molar-refractivity contribution >= 4 is 0 Å². The van der Waals surface area contributed by atoms with Crippen LogP contribution in [0.4, 0.5) is 0 Å². The van der Waals surface area contributed by atoms with Crippen LogP contribution in [0.3, 0.4) is 0 Å². The molecule has 0 saturated heterocycles. The lowest BCUT2D eigenvalue weighted by Crippen LogP contribution is -2.07. The van der Waals surface area contributed by atoms with Gasteiger partial charge in [0.05, 0.1) is 0 Å². The fraction of sp³-hybridized carbons (Fsp3) is 0.758. The SMILES string of the molecule is C=C(CCCCCCC/C=C\C/C=C\CCCCC)CCC(CCC)CCC(=C)CCCNC. The maximum Gasteiger partial charge on any atom is -0.00489 e. The van der Waals surface area contributed by atoms with E-state index in [1.54, 1.807) is 0 Å². The molecule has 0 aromatic carbocycles. The minimum atomic E-state index is 0.854. The second-order valence-corrected chi connectivity index (χ2v) is 10.4. The molecule has 0 spiro atoms. The Kier molecular flexibility index (Phi) is 25.7. The van der Waals surface area contributed by atoms with Crippen molar-refractivity contribution in [2.45, 2.75) is 142 Å². The summed E-state index contributed by atoms with van der Waals surface area (Å²) >= 11 is 0. The van der Waals surface area contributed by atoms with Crippen molar-refractivity contribution in [3.63, 3.8) is 0 Å². The monoisotopic (exact) mass is 471 g/mol. The van der Waals surface area contributed by atoms with Crippen molar-refractivity contribution in [1.29, 1.82) is 0 Å². The standard InChI is InChI=1S/C33H61N/c1-6-8-9-10-11-12-13-14-15-16-17-18-19-20-21-24-31(3)26-28-33(23-7-2)29-27-32(4)25-22-30-34-5/h11-12,14-15,33-34H,3-4,6-10,13,16-30H2,1-2,5H3/b12-11-,15-14-. The Morgan fingerprint density at radius 1 is 0.618 bits per heavy atom. The van der Waals surface area contributed by atoms with Crippen molar-refractivity contribution in [3.8, 4) is 0 Å². The Morgan fingerprint density at radius 3 is 1.76 bits per heavy atom. The molecule has 34 heavy (non-hydrogen) atoms. The van der Waals surface area contributed by atoms with E-state index in [0.29, 0.717) is 0 Å². The molecular weight excluding hydrogens is 410 g/mol. The van der Waals surface area contributed by atoms with Crippen molar-refractivity contribution in [3.05, 3.63) is 48.6 Å². The Morgan fingerprint density at radius 2 is 1.18 bits per heavy atom. The first-order valence-corrected chi connectivity index (χ1v) is 14.9. The summed E-state index contributed by atoms with van der Waals surface area (Å²) in [4.78, 5) is 0. The minimum absolute atomic E-state index is 0.854. The molecule has 198 valence electrons. The number of rotatable bonds is 26. The average molecular weight is 472 g/mol. The number of allylic oxidation sites excluding steroid dienone is 6. The molecule has 0 rings (SSSR count). The van der Waals surface area contributed by atoms with Gasteiger partial charge >= 0.3 is 0 Å². The highest BCUT2D eigenvalue weighted by Crippen LogP contribution is 2.25. The van der Waals surface area contributed by atoms with Crippen molar-refractivity contribution in [2.24, 2.45) is 5.92 Å². The Balaban J connectivity index is 3.68. The van der Waals surface area contributed by atoms with Gasteiger partial charge in [0, 0.05) is 0 Å². The Hall–Kier alpha value is -1.08. The molecular formula is C33H61N. The van der Waals surface area contributed by atoms with E-state index in [1.807, 2.05) is 7.05 Å². The third kappa shape index (κ3) is 24.1. The summed E-state index contributed by atoms with van der Waals surface area (Å²) in [6.45, 7) is 14.4. The van der Waals surface area contributed by atoms with E-state index < -0.39 is 0 Å². The molecule has 0 aliphatic heterocycles. The largest absolute Gasteiger partial charge is 0.320 e. The Bertz CT molecular complexity index is 513. The summed E-state index contributed by atoms with van der Waals surface area (Å²) in [7, 11) is 2.03. The summed E-state index contributed by atoms with van der Waals surface area (Å²) in [6.07, 6.45) is 35.2. The zero-order valence-electron chi connectivity index (χ0n) is 23.7. The molecule has 0 aromatic heterocycles. The first kappa shape index (κ1) is 32.9. The van der Waals surface area contributed by atoms with Crippen LogP contribution in [0.5, 0.6) is 0 Å². The second kappa shape index (κ2) is 26.5. The lowest BCUT2D eigenvalue weighted by atomic mass is 9.88. The molecule has 0 fully saturated rings. The molecule has 0 bridgehead atoms. The van der Waals surface area contributed by atoms with Crippen molar-refractivity contribution < 1.29 is 0 Å². The maximum atomic E-state index is 4.40. The summed E-state index contributed by atoms with van der Waals surface area (Å²) in [5.74, 6) is 0.854. The second-order valence-electron chi connectivity index (χ2n) is 10.4. The molecule has 1 unspecified atom stereocenters. The summed E-state index contributed by atoms with van der Waals surface area (Å²) in [5, 5.41) is 3.23. The van der Waals surface area contributed by atoms with Gasteiger partial charge in [0.1, 0.15) is 0 Å². The van der Waals surface area contributed by atoms with Gasteiger partial charge in [-0.1, -0.05) is 107 Å². The average Bonchev–Trinajstić information content (AvgIpc) is 2.83. The van der Waals surface area contributed by atoms with E-state index in [0.717, 1.165) is 18.9 Å². The van der Waals surface area contributed by atoms with Gasteiger partial charge in [-0.25, -0.2) is 0 Å². The first-order chi connectivity index (χ1) is 16.6. The predicted octanol–water partition coefficient (Wildman–Crippen LogP) is 10.9. The van der Waals surface area contributed by atoms with Crippen LogP contribution >= 0.6 is 0 Å². The fourth-order valence-corrected chi connectivity index (χ4v) is 4.61. The van der Waals surface area contributed by atoms with Crippen LogP contribution in [0.25, 0.3) is 0 Å². The molecule has 0 aromatic rings. The zero-order chi connectivity index (χ0) is 25.1. The number of nitrogens with one attached hydrogen (secondary N) is 1. The third-order valence-electron chi connectivity index (χ3n) is 6.95. The van der Waals surface area contributed by atoms with E-state index in [1.165, 1.54) is 133 Å². The molecule has 0 heterocycles. The van der Waals surface area contributed by atoms with Gasteiger partial charge in [-0.15, -0.1) is 0 Å². The topological polar surface area (TPSA) is 12.0 Å². The van der Waals surface area contributed by atoms with Crippen LogP contribution in [0, 0.1) is 5.92 Å². The van der Waals surface area contributed by atoms with Crippen LogP contribution in [0.2, 0.25) is 0 Å². The van der Waals surface area contributed by atoms with Crippen molar-refractivity contribution in [2.75, 3.05) is 13.6 Å². The van der Waals surface area contributed by atoms with E-state index in [4.69, 9.17) is 0 Å². The van der Waals surface area contributed by atoms with Gasteiger partial charge < -0.3 is 5.32 Å². The smallest absolute Gasteiger partial charge is 0.00489 e. The highest BCUT2D eigenvalue weighted by molar-refractivity contribution is 4.96. The van der Waals surface area contributed by atoms with Gasteiger partial charge in [0.2, 0.25) is 0 Å². The normalized spacial score (nSPS) is 12.7. The van der Waals surface area contributed by atoms with Gasteiger partial charge in [-0.05, 0) is 103 Å². The fourth-order valence-electron chi connectivity index (χ4n) is 4.61. The predicted molar refractivity (Wildman–Crippen MR) is 158 cm³/mol. The third-order valence-corrected chi connectivity index (χ3v) is 6.95. The molecule has 1 nitrogen and oxygen atoms in total. The lowest BCUT2D eigenvalue weighted by Gasteiger charge is -2.18. The van der Waals surface area contributed by atoms with E-state index >= 15 is 0 Å². The van der Waals surface area contributed by atoms with E-state index in [9.17, 15) is 0 Å². The van der Waals surface area contributed by atoms with E-state index in [-0.39, 0.29) is 0 Å². The Labute approximate surface area is 215 Å². The van der Waals surface area contributed by atoms with Crippen LogP contribution < -0.4 is 5.32 Å². The van der Waals surface area contributed by atoms with Crippen LogP contribution in [0.15, 0.2) is 48.6 Å². The highest BCUT2D eigenvalue weighted by Gasteiger charge is 2.09.